The predicted octanol–water partition coefficient (Wildman–Crippen LogP) is 8.92. The van der Waals surface area contributed by atoms with Crippen molar-refractivity contribution in [2.24, 2.45) is 0 Å². The summed E-state index contributed by atoms with van der Waals surface area (Å²) < 4.78 is 0. The Bertz CT molecular complexity index is 1130. The van der Waals surface area contributed by atoms with Crippen LogP contribution in [0.25, 0.3) is 0 Å². The first-order valence-corrected chi connectivity index (χ1v) is 12.3. The van der Waals surface area contributed by atoms with Gasteiger partial charge in [-0.1, -0.05) is 121 Å². The Balaban J connectivity index is 0.000000214. The molecule has 1 aliphatic carbocycles. The minimum absolute atomic E-state index is 0.434. The molecule has 1 fully saturated rings. The van der Waals surface area contributed by atoms with Gasteiger partial charge in [0.05, 0.1) is 0 Å². The zero-order valence-corrected chi connectivity index (χ0v) is 20.5. The van der Waals surface area contributed by atoms with E-state index in [9.17, 15) is 0 Å². The van der Waals surface area contributed by atoms with Crippen LogP contribution in [0.1, 0.15) is 76.1 Å². The number of hydrogen-bond donors (Lipinski definition) is 0. The fraction of sp³-hybridized carbons (Fsp3) is 0.273. The summed E-state index contributed by atoms with van der Waals surface area (Å²) in [4.78, 5) is 0. The average Bonchev–Trinajstić information content (AvgIpc) is 3.68. The second kappa shape index (κ2) is 10.7. The summed E-state index contributed by atoms with van der Waals surface area (Å²) in [7, 11) is 0. The van der Waals surface area contributed by atoms with E-state index in [1.807, 2.05) is 0 Å². The summed E-state index contributed by atoms with van der Waals surface area (Å²) >= 11 is 0. The van der Waals surface area contributed by atoms with Crippen LogP contribution in [0.3, 0.4) is 0 Å². The molecule has 1 aliphatic rings. The number of hydrogen-bond acceptors (Lipinski definition) is 0. The van der Waals surface area contributed by atoms with Gasteiger partial charge >= 0.3 is 0 Å². The van der Waals surface area contributed by atoms with Crippen molar-refractivity contribution < 1.29 is 0 Å². The van der Waals surface area contributed by atoms with Crippen molar-refractivity contribution >= 4 is 0 Å². The highest BCUT2D eigenvalue weighted by molar-refractivity contribution is 5.36. The van der Waals surface area contributed by atoms with Gasteiger partial charge in [-0.3, -0.25) is 0 Å². The second-order valence-corrected chi connectivity index (χ2v) is 9.72. The van der Waals surface area contributed by atoms with E-state index < -0.39 is 0 Å². The number of benzene rings is 4. The Hall–Kier alpha value is -3.12. The molecule has 1 atom stereocenters. The van der Waals surface area contributed by atoms with Crippen LogP contribution in [-0.2, 0) is 6.42 Å². The van der Waals surface area contributed by atoms with E-state index in [2.05, 4.69) is 125 Å². The maximum absolute atomic E-state index is 2.28. The molecule has 168 valence electrons. The molecule has 0 heterocycles. The number of rotatable bonds is 5. The maximum Gasteiger partial charge on any atom is 0.00610 e. The van der Waals surface area contributed by atoms with Crippen molar-refractivity contribution in [2.45, 2.75) is 58.8 Å². The van der Waals surface area contributed by atoms with Crippen LogP contribution in [0.4, 0.5) is 0 Å². The highest BCUT2D eigenvalue weighted by atomic mass is 14.3. The molecule has 0 aromatic heterocycles. The lowest BCUT2D eigenvalue weighted by molar-refractivity contribution is 0.919. The highest BCUT2D eigenvalue weighted by Crippen LogP contribution is 2.39. The van der Waals surface area contributed by atoms with Crippen molar-refractivity contribution in [3.8, 4) is 0 Å². The molecular formula is C33H36. The molecule has 1 saturated carbocycles. The van der Waals surface area contributed by atoms with Gasteiger partial charge in [-0.05, 0) is 73.8 Å². The molecule has 0 N–H and O–H groups in total. The molecular weight excluding hydrogens is 396 g/mol. The minimum Gasteiger partial charge on any atom is -0.0590 e. The van der Waals surface area contributed by atoms with Gasteiger partial charge in [0.2, 0.25) is 0 Å². The fourth-order valence-electron chi connectivity index (χ4n) is 4.17. The monoisotopic (exact) mass is 432 g/mol. The second-order valence-electron chi connectivity index (χ2n) is 9.72. The standard InChI is InChI=1S/C23H24.C10H12/c1-17-4-8-20(9-5-17)16-21-10-14-23(15-11-21)19(3)22-12-6-18(2)7-13-22;1-8-2-4-9(5-3-8)10-6-7-10/h4-15,19H,16H2,1-3H3;2-5,10H,6-7H2,1H3. The Labute approximate surface area is 200 Å². The Morgan fingerprint density at radius 3 is 1.36 bits per heavy atom. The molecule has 0 saturated heterocycles. The summed E-state index contributed by atoms with van der Waals surface area (Å²) in [5, 5.41) is 0. The predicted molar refractivity (Wildman–Crippen MR) is 142 cm³/mol. The number of aryl methyl sites for hydroxylation is 3. The smallest absolute Gasteiger partial charge is 0.00610 e. The third-order valence-corrected chi connectivity index (χ3v) is 6.71. The molecule has 0 nitrogen and oxygen atoms in total. The average molecular weight is 433 g/mol. The van der Waals surface area contributed by atoms with Crippen molar-refractivity contribution in [1.29, 1.82) is 0 Å². The Morgan fingerprint density at radius 1 is 0.545 bits per heavy atom. The Kier molecular flexibility index (Phi) is 7.45. The molecule has 0 amide bonds. The van der Waals surface area contributed by atoms with Gasteiger partial charge in [0.25, 0.3) is 0 Å². The largest absolute Gasteiger partial charge is 0.0590 e. The van der Waals surface area contributed by atoms with E-state index >= 15 is 0 Å². The topological polar surface area (TPSA) is 0 Å². The summed E-state index contributed by atoms with van der Waals surface area (Å²) in [6, 6.07) is 35.7. The first-order valence-electron chi connectivity index (χ1n) is 12.3. The summed E-state index contributed by atoms with van der Waals surface area (Å²) in [5.41, 5.74) is 11.0. The lowest BCUT2D eigenvalue weighted by Gasteiger charge is -2.13. The first kappa shape index (κ1) is 23.1. The highest BCUT2D eigenvalue weighted by Gasteiger charge is 2.22. The van der Waals surface area contributed by atoms with Gasteiger partial charge in [-0.25, -0.2) is 0 Å². The molecule has 33 heavy (non-hydrogen) atoms. The summed E-state index contributed by atoms with van der Waals surface area (Å²) in [6.45, 7) is 8.68. The molecule has 0 radical (unpaired) electrons. The van der Waals surface area contributed by atoms with E-state index in [1.165, 1.54) is 57.3 Å². The van der Waals surface area contributed by atoms with Crippen LogP contribution in [0, 0.1) is 20.8 Å². The first-order chi connectivity index (χ1) is 16.0. The molecule has 0 aliphatic heterocycles. The van der Waals surface area contributed by atoms with Crippen molar-refractivity contribution in [1.82, 2.24) is 0 Å². The molecule has 4 aromatic carbocycles. The SMILES string of the molecule is Cc1ccc(C2CC2)cc1.Cc1ccc(Cc2ccc(C(C)c3ccc(C)cc3)cc2)cc1. The third-order valence-electron chi connectivity index (χ3n) is 6.71. The maximum atomic E-state index is 2.28. The van der Waals surface area contributed by atoms with E-state index in [1.54, 1.807) is 0 Å². The lowest BCUT2D eigenvalue weighted by atomic mass is 9.91. The molecule has 0 bridgehead atoms. The van der Waals surface area contributed by atoms with Crippen LogP contribution in [0.5, 0.6) is 0 Å². The molecule has 5 rings (SSSR count). The van der Waals surface area contributed by atoms with Crippen LogP contribution in [0.15, 0.2) is 97.1 Å². The van der Waals surface area contributed by atoms with E-state index in [-0.39, 0.29) is 0 Å². The quantitative estimate of drug-likeness (QED) is 0.295. The van der Waals surface area contributed by atoms with Gasteiger partial charge < -0.3 is 0 Å². The van der Waals surface area contributed by atoms with Gasteiger partial charge in [-0.15, -0.1) is 0 Å². The Morgan fingerprint density at radius 2 is 0.909 bits per heavy atom. The van der Waals surface area contributed by atoms with Crippen LogP contribution in [0.2, 0.25) is 0 Å². The van der Waals surface area contributed by atoms with Crippen molar-refractivity contribution in [3.05, 3.63) is 142 Å². The van der Waals surface area contributed by atoms with Crippen LogP contribution >= 0.6 is 0 Å². The van der Waals surface area contributed by atoms with E-state index in [4.69, 9.17) is 0 Å². The zero-order chi connectivity index (χ0) is 23.2. The van der Waals surface area contributed by atoms with Gasteiger partial charge in [0.1, 0.15) is 0 Å². The van der Waals surface area contributed by atoms with E-state index in [0.29, 0.717) is 5.92 Å². The zero-order valence-electron chi connectivity index (χ0n) is 20.5. The summed E-state index contributed by atoms with van der Waals surface area (Å²) in [6.07, 6.45) is 3.81. The van der Waals surface area contributed by atoms with Crippen molar-refractivity contribution in [3.63, 3.8) is 0 Å². The minimum atomic E-state index is 0.434. The third kappa shape index (κ3) is 6.68. The molecule has 1 unspecified atom stereocenters. The van der Waals surface area contributed by atoms with Crippen LogP contribution < -0.4 is 0 Å². The summed E-state index contributed by atoms with van der Waals surface area (Å²) in [5.74, 6) is 1.34. The van der Waals surface area contributed by atoms with Gasteiger partial charge in [-0.2, -0.15) is 0 Å². The fourth-order valence-corrected chi connectivity index (χ4v) is 4.17. The lowest BCUT2D eigenvalue weighted by Crippen LogP contribution is -1.97. The normalized spacial score (nSPS) is 13.7. The molecule has 0 heteroatoms. The van der Waals surface area contributed by atoms with Gasteiger partial charge in [0, 0.05) is 5.92 Å². The van der Waals surface area contributed by atoms with Crippen molar-refractivity contribution in [2.75, 3.05) is 0 Å². The van der Waals surface area contributed by atoms with Crippen LogP contribution in [-0.4, -0.2) is 0 Å². The molecule has 0 spiro atoms. The molecule has 4 aromatic rings. The van der Waals surface area contributed by atoms with Gasteiger partial charge in [0.15, 0.2) is 0 Å². The van der Waals surface area contributed by atoms with E-state index in [0.717, 1.165) is 12.3 Å².